The Bertz CT molecular complexity index is 828. The number of anilines is 1. The van der Waals surface area contributed by atoms with Crippen LogP contribution < -0.4 is 16.3 Å². The number of hydrazine groups is 2. The number of hydrogen-bond donors (Lipinski definition) is 3. The molecule has 5 nitrogen and oxygen atoms in total. The van der Waals surface area contributed by atoms with Crippen molar-refractivity contribution in [2.24, 2.45) is 5.92 Å². The van der Waals surface area contributed by atoms with Gasteiger partial charge in [0.1, 0.15) is 5.82 Å². The fourth-order valence-electron chi connectivity index (χ4n) is 3.91. The van der Waals surface area contributed by atoms with E-state index in [1.54, 1.807) is 0 Å². The maximum Gasteiger partial charge on any atom is 0.417 e. The molecule has 8 heteroatoms. The fourth-order valence-corrected chi connectivity index (χ4v) is 3.91. The standard InChI is InChI=1S/C21H24F3N5/c22-21(23,24)17-8-11-20(25-12-17)27-18-9-6-15(7-10-18)14-29-19(13-26-28-29)16-4-2-1-3-5-16/h1-5,8,11-13,15,18,26,28H,6-7,9-10,14H2,(H,25,27). The lowest BCUT2D eigenvalue weighted by Gasteiger charge is -2.33. The van der Waals surface area contributed by atoms with E-state index in [0.717, 1.165) is 55.8 Å². The SMILES string of the molecule is FC(F)(F)c1ccc(NC2CCC(CN3NNC=C3c3ccccc3)CC2)nc1. The Hall–Kier alpha value is -2.74. The number of nitrogens with zero attached hydrogens (tertiary/aromatic N) is 2. The van der Waals surface area contributed by atoms with Gasteiger partial charge in [-0.25, -0.2) is 4.98 Å². The number of hydrogen-bond acceptors (Lipinski definition) is 5. The minimum atomic E-state index is -4.35. The molecule has 2 aromatic rings. The van der Waals surface area contributed by atoms with E-state index in [1.165, 1.54) is 6.07 Å². The Kier molecular flexibility index (Phi) is 5.62. The summed E-state index contributed by atoms with van der Waals surface area (Å²) in [5, 5.41) is 5.42. The molecule has 0 bridgehead atoms. The van der Waals surface area contributed by atoms with Crippen LogP contribution in [0.3, 0.4) is 0 Å². The highest BCUT2D eigenvalue weighted by molar-refractivity contribution is 5.64. The molecule has 0 amide bonds. The van der Waals surface area contributed by atoms with Crippen molar-refractivity contribution in [2.45, 2.75) is 37.9 Å². The van der Waals surface area contributed by atoms with Gasteiger partial charge in [0.2, 0.25) is 0 Å². The van der Waals surface area contributed by atoms with E-state index >= 15 is 0 Å². The summed E-state index contributed by atoms with van der Waals surface area (Å²) in [4.78, 5) is 3.92. The molecule has 1 aliphatic carbocycles. The molecular weight excluding hydrogens is 379 g/mol. The van der Waals surface area contributed by atoms with Crippen molar-refractivity contribution in [1.82, 2.24) is 21.0 Å². The van der Waals surface area contributed by atoms with Crippen molar-refractivity contribution in [2.75, 3.05) is 11.9 Å². The zero-order valence-corrected chi connectivity index (χ0v) is 15.9. The first-order valence-corrected chi connectivity index (χ1v) is 9.83. The van der Waals surface area contributed by atoms with Crippen molar-refractivity contribution in [3.8, 4) is 0 Å². The fraction of sp³-hybridized carbons (Fsp3) is 0.381. The lowest BCUT2D eigenvalue weighted by Crippen LogP contribution is -2.41. The van der Waals surface area contributed by atoms with Gasteiger partial charge in [-0.1, -0.05) is 30.3 Å². The van der Waals surface area contributed by atoms with Crippen molar-refractivity contribution < 1.29 is 13.2 Å². The van der Waals surface area contributed by atoms with Crippen LogP contribution >= 0.6 is 0 Å². The third kappa shape index (κ3) is 4.82. The largest absolute Gasteiger partial charge is 0.417 e. The van der Waals surface area contributed by atoms with Gasteiger partial charge < -0.3 is 10.7 Å². The molecule has 1 aliphatic heterocycles. The second-order valence-corrected chi connectivity index (χ2v) is 7.55. The Morgan fingerprint density at radius 1 is 1.03 bits per heavy atom. The summed E-state index contributed by atoms with van der Waals surface area (Å²) in [5.74, 6) is 1.05. The summed E-state index contributed by atoms with van der Waals surface area (Å²) in [7, 11) is 0. The van der Waals surface area contributed by atoms with E-state index in [2.05, 4.69) is 38.4 Å². The molecule has 1 aromatic carbocycles. The second-order valence-electron chi connectivity index (χ2n) is 7.55. The van der Waals surface area contributed by atoms with Gasteiger partial charge in [0, 0.05) is 30.5 Å². The molecule has 154 valence electrons. The van der Waals surface area contributed by atoms with Gasteiger partial charge in [-0.15, -0.1) is 5.53 Å². The van der Waals surface area contributed by atoms with Crippen LogP contribution in [0.5, 0.6) is 0 Å². The smallest absolute Gasteiger partial charge is 0.367 e. The Morgan fingerprint density at radius 2 is 1.79 bits per heavy atom. The number of pyridine rings is 1. The first-order valence-electron chi connectivity index (χ1n) is 9.83. The highest BCUT2D eigenvalue weighted by Gasteiger charge is 2.31. The maximum absolute atomic E-state index is 12.6. The van der Waals surface area contributed by atoms with Crippen molar-refractivity contribution >= 4 is 11.5 Å². The monoisotopic (exact) mass is 403 g/mol. The van der Waals surface area contributed by atoms with E-state index in [0.29, 0.717) is 11.7 Å². The second kappa shape index (κ2) is 8.32. The van der Waals surface area contributed by atoms with Crippen LogP contribution in [-0.4, -0.2) is 22.6 Å². The highest BCUT2D eigenvalue weighted by Crippen LogP contribution is 2.31. The molecule has 29 heavy (non-hydrogen) atoms. The van der Waals surface area contributed by atoms with Crippen LogP contribution in [0.4, 0.5) is 19.0 Å². The number of rotatable bonds is 5. The summed E-state index contributed by atoms with van der Waals surface area (Å²) in [6, 6.07) is 13.0. The minimum Gasteiger partial charge on any atom is -0.367 e. The molecule has 1 aromatic heterocycles. The summed E-state index contributed by atoms with van der Waals surface area (Å²) in [5.41, 5.74) is 7.84. The lowest BCUT2D eigenvalue weighted by atomic mass is 9.85. The van der Waals surface area contributed by atoms with E-state index in [-0.39, 0.29) is 6.04 Å². The zero-order chi connectivity index (χ0) is 20.3. The predicted octanol–water partition coefficient (Wildman–Crippen LogP) is 4.39. The number of alkyl halides is 3. The molecular formula is C21H24F3N5. The lowest BCUT2D eigenvalue weighted by molar-refractivity contribution is -0.137. The Labute approximate surface area is 168 Å². The van der Waals surface area contributed by atoms with E-state index in [9.17, 15) is 13.2 Å². The van der Waals surface area contributed by atoms with Crippen molar-refractivity contribution in [1.29, 1.82) is 0 Å². The molecule has 1 saturated carbocycles. The summed E-state index contributed by atoms with van der Waals surface area (Å²) in [6.07, 6.45) is 2.56. The van der Waals surface area contributed by atoms with Gasteiger partial charge in [0.25, 0.3) is 0 Å². The first kappa shape index (κ1) is 19.6. The average molecular weight is 403 g/mol. The highest BCUT2D eigenvalue weighted by atomic mass is 19.4. The van der Waals surface area contributed by atoms with E-state index in [4.69, 9.17) is 0 Å². The molecule has 0 spiro atoms. The number of nitrogens with one attached hydrogen (secondary N) is 3. The molecule has 0 saturated heterocycles. The van der Waals surface area contributed by atoms with Crippen molar-refractivity contribution in [3.63, 3.8) is 0 Å². The molecule has 4 rings (SSSR count). The van der Waals surface area contributed by atoms with Gasteiger partial charge in [0.05, 0.1) is 11.3 Å². The van der Waals surface area contributed by atoms with Crippen LogP contribution in [0.2, 0.25) is 0 Å². The molecule has 2 aliphatic rings. The third-order valence-corrected chi connectivity index (χ3v) is 5.50. The molecule has 0 radical (unpaired) electrons. The number of aromatic nitrogens is 1. The molecule has 1 fully saturated rings. The summed E-state index contributed by atoms with van der Waals surface area (Å²) >= 11 is 0. The van der Waals surface area contributed by atoms with Gasteiger partial charge in [-0.2, -0.15) is 13.2 Å². The number of benzene rings is 1. The van der Waals surface area contributed by atoms with Crippen LogP contribution in [0.1, 0.15) is 36.8 Å². The molecule has 0 unspecified atom stereocenters. The van der Waals surface area contributed by atoms with Gasteiger partial charge in [0.15, 0.2) is 0 Å². The Morgan fingerprint density at radius 3 is 2.45 bits per heavy atom. The first-order chi connectivity index (χ1) is 14.0. The van der Waals surface area contributed by atoms with E-state index < -0.39 is 11.7 Å². The number of halogens is 3. The maximum atomic E-state index is 12.6. The van der Waals surface area contributed by atoms with Crippen LogP contribution in [0.25, 0.3) is 5.70 Å². The zero-order valence-electron chi connectivity index (χ0n) is 15.9. The quantitative estimate of drug-likeness (QED) is 0.691. The minimum absolute atomic E-state index is 0.240. The molecule has 0 atom stereocenters. The van der Waals surface area contributed by atoms with E-state index in [1.807, 2.05) is 24.4 Å². The van der Waals surface area contributed by atoms with Gasteiger partial charge in [-0.05, 0) is 43.7 Å². The normalized spacial score (nSPS) is 22.2. The third-order valence-electron chi connectivity index (χ3n) is 5.50. The summed E-state index contributed by atoms with van der Waals surface area (Å²) in [6.45, 7) is 0.902. The van der Waals surface area contributed by atoms with Crippen LogP contribution in [-0.2, 0) is 6.18 Å². The summed E-state index contributed by atoms with van der Waals surface area (Å²) < 4.78 is 37.9. The Balaban J connectivity index is 1.27. The van der Waals surface area contributed by atoms with Gasteiger partial charge in [-0.3, -0.25) is 5.01 Å². The topological polar surface area (TPSA) is 52.2 Å². The molecule has 3 N–H and O–H groups in total. The predicted molar refractivity (Wildman–Crippen MR) is 106 cm³/mol. The average Bonchev–Trinajstić information content (AvgIpc) is 3.18. The van der Waals surface area contributed by atoms with Crippen LogP contribution in [0.15, 0.2) is 54.9 Å². The van der Waals surface area contributed by atoms with Crippen molar-refractivity contribution in [3.05, 3.63) is 66.0 Å². The van der Waals surface area contributed by atoms with Crippen LogP contribution in [0, 0.1) is 5.92 Å². The molecule has 2 heterocycles. The van der Waals surface area contributed by atoms with Gasteiger partial charge >= 0.3 is 6.18 Å².